The molecule has 7 nitrogen and oxygen atoms in total. The van der Waals surface area contributed by atoms with Crippen molar-refractivity contribution in [3.63, 3.8) is 0 Å². The van der Waals surface area contributed by atoms with Crippen LogP contribution in [0.4, 0.5) is 0 Å². The maximum Gasteiger partial charge on any atom is 3.00 e. The summed E-state index contributed by atoms with van der Waals surface area (Å²) in [5.74, 6) is -0.685. The predicted molar refractivity (Wildman–Crippen MR) is 95.2 cm³/mol. The molecule has 0 saturated heterocycles. The first-order valence-corrected chi connectivity index (χ1v) is 7.84. The number of aliphatic hydroxyl groups excluding tert-OH is 1. The molecule has 0 amide bonds. The molecular formula is C19H31O7Ti. The molecule has 0 saturated carbocycles. The molecule has 0 aliphatic heterocycles. The van der Waals surface area contributed by atoms with Gasteiger partial charge in [-0.1, -0.05) is 34.6 Å². The first kappa shape index (κ1) is 36.3. The van der Waals surface area contributed by atoms with Crippen LogP contribution in [0, 0.1) is 5.92 Å². The van der Waals surface area contributed by atoms with E-state index in [1.165, 1.54) is 41.5 Å². The molecular weight excluding hydrogens is 388 g/mol. The summed E-state index contributed by atoms with van der Waals surface area (Å²) in [5, 5.41) is 38.1. The third-order valence-electron chi connectivity index (χ3n) is 1.58. The summed E-state index contributed by atoms with van der Waals surface area (Å²) in [6, 6.07) is 0. The standard InChI is InChI=1S/3C5H8O2.C4H10O.Ti/c3*1-4(6)3-5(2)7;1-4(2)3-5;/h3*3,6H,1-2H3;4-5H,3H2,1-2H3;/q;;;;+3/p-3/b3*4-3-;;. The molecule has 0 aromatic carbocycles. The zero-order valence-electron chi connectivity index (χ0n) is 17.4. The fraction of sp³-hybridized carbons (Fsp3) is 0.526. The average molecular weight is 419 g/mol. The Kier molecular flexibility index (Phi) is 32.6. The molecule has 0 fully saturated rings. The van der Waals surface area contributed by atoms with Crippen LogP contribution in [-0.4, -0.2) is 29.1 Å². The molecule has 0 spiro atoms. The fourth-order valence-electron chi connectivity index (χ4n) is 0.859. The van der Waals surface area contributed by atoms with Gasteiger partial charge in [-0.05, 0) is 44.9 Å². The molecule has 0 aliphatic rings. The van der Waals surface area contributed by atoms with E-state index >= 15 is 0 Å². The minimum atomic E-state index is -0.187. The first-order valence-electron chi connectivity index (χ1n) is 7.84. The Hall–Kier alpha value is -1.70. The monoisotopic (exact) mass is 419 g/mol. The van der Waals surface area contributed by atoms with Gasteiger partial charge in [-0.2, -0.15) is 0 Å². The zero-order valence-corrected chi connectivity index (χ0v) is 19.0. The van der Waals surface area contributed by atoms with Crippen LogP contribution in [0.1, 0.15) is 55.4 Å². The minimum absolute atomic E-state index is 0. The molecule has 0 aromatic rings. The molecule has 153 valence electrons. The zero-order chi connectivity index (χ0) is 21.9. The second-order valence-electron chi connectivity index (χ2n) is 5.67. The van der Waals surface area contributed by atoms with Gasteiger partial charge in [0.2, 0.25) is 0 Å². The normalized spacial score (nSPS) is 10.7. The van der Waals surface area contributed by atoms with Crippen LogP contribution in [0.5, 0.6) is 0 Å². The summed E-state index contributed by atoms with van der Waals surface area (Å²) >= 11 is 0. The molecule has 8 heteroatoms. The van der Waals surface area contributed by atoms with Gasteiger partial charge in [-0.3, -0.25) is 14.4 Å². The summed E-state index contributed by atoms with van der Waals surface area (Å²) in [4.78, 5) is 29.9. The van der Waals surface area contributed by atoms with E-state index in [2.05, 4.69) is 0 Å². The van der Waals surface area contributed by atoms with Gasteiger partial charge < -0.3 is 20.4 Å². The molecule has 0 rings (SSSR count). The molecule has 0 bridgehead atoms. The van der Waals surface area contributed by atoms with E-state index in [4.69, 9.17) is 5.11 Å². The maximum atomic E-state index is 9.98. The third kappa shape index (κ3) is 79.9. The van der Waals surface area contributed by atoms with E-state index in [1.54, 1.807) is 0 Å². The van der Waals surface area contributed by atoms with Crippen LogP contribution in [0.2, 0.25) is 0 Å². The second-order valence-corrected chi connectivity index (χ2v) is 5.67. The van der Waals surface area contributed by atoms with Crippen molar-refractivity contribution >= 4 is 17.3 Å². The Labute approximate surface area is 177 Å². The van der Waals surface area contributed by atoms with E-state index < -0.39 is 0 Å². The summed E-state index contributed by atoms with van der Waals surface area (Å²) in [5.41, 5.74) is 0. The summed E-state index contributed by atoms with van der Waals surface area (Å²) < 4.78 is 0. The number of aliphatic hydroxyl groups is 1. The van der Waals surface area contributed by atoms with E-state index in [-0.39, 0.29) is 56.3 Å². The Bertz CT molecular complexity index is 426. The predicted octanol–water partition coefficient (Wildman–Crippen LogP) is 0.151. The SMILES string of the molecule is CC(=O)/C=C(/C)[O-].CC(=O)/C=C(/C)[O-].CC(=O)/C=C(/C)[O-].CC(C)CO.[Ti+3]. The van der Waals surface area contributed by atoms with E-state index in [1.807, 2.05) is 13.8 Å². The molecule has 0 unspecified atom stereocenters. The maximum absolute atomic E-state index is 9.98. The van der Waals surface area contributed by atoms with Crippen LogP contribution in [0.3, 0.4) is 0 Å². The van der Waals surface area contributed by atoms with Gasteiger partial charge in [0.15, 0.2) is 17.3 Å². The van der Waals surface area contributed by atoms with Crippen LogP contribution in [0.15, 0.2) is 35.5 Å². The van der Waals surface area contributed by atoms with Crippen molar-refractivity contribution in [3.8, 4) is 0 Å². The van der Waals surface area contributed by atoms with E-state index in [0.29, 0.717) is 12.5 Å². The Balaban J connectivity index is -0.0000000793. The molecule has 0 heterocycles. The van der Waals surface area contributed by atoms with Gasteiger partial charge in [-0.25, -0.2) is 0 Å². The van der Waals surface area contributed by atoms with Crippen molar-refractivity contribution in [2.45, 2.75) is 55.4 Å². The van der Waals surface area contributed by atoms with Gasteiger partial charge in [0.05, 0.1) is 0 Å². The second kappa shape index (κ2) is 24.3. The molecule has 0 atom stereocenters. The summed E-state index contributed by atoms with van der Waals surface area (Å²) in [6.45, 7) is 12.3. The Morgan fingerprint density at radius 1 is 0.704 bits per heavy atom. The number of hydrogen-bond donors (Lipinski definition) is 1. The van der Waals surface area contributed by atoms with Crippen molar-refractivity contribution in [2.75, 3.05) is 6.61 Å². The number of hydrogen-bond acceptors (Lipinski definition) is 7. The largest absolute Gasteiger partial charge is 3.00 e. The molecule has 1 N–H and O–H groups in total. The van der Waals surface area contributed by atoms with Gasteiger partial charge in [0, 0.05) is 6.61 Å². The molecule has 1 radical (unpaired) electrons. The van der Waals surface area contributed by atoms with Crippen molar-refractivity contribution in [1.82, 2.24) is 0 Å². The van der Waals surface area contributed by atoms with Gasteiger partial charge >= 0.3 is 21.7 Å². The Morgan fingerprint density at radius 2 is 0.852 bits per heavy atom. The quantitative estimate of drug-likeness (QED) is 0.388. The number of allylic oxidation sites excluding steroid dienone is 6. The van der Waals surface area contributed by atoms with E-state index in [9.17, 15) is 29.7 Å². The van der Waals surface area contributed by atoms with Gasteiger partial charge in [-0.15, -0.1) is 17.3 Å². The third-order valence-corrected chi connectivity index (χ3v) is 1.58. The summed E-state index contributed by atoms with van der Waals surface area (Å²) in [6.07, 6.45) is 3.17. The van der Waals surface area contributed by atoms with Crippen LogP contribution in [-0.2, 0) is 36.1 Å². The summed E-state index contributed by atoms with van der Waals surface area (Å²) in [7, 11) is 0. The van der Waals surface area contributed by atoms with Crippen molar-refractivity contribution in [1.29, 1.82) is 0 Å². The Morgan fingerprint density at radius 3 is 0.852 bits per heavy atom. The number of ketones is 3. The van der Waals surface area contributed by atoms with Crippen molar-refractivity contribution < 1.29 is 56.5 Å². The first-order chi connectivity index (χ1) is 11.6. The smallest absolute Gasteiger partial charge is 0.876 e. The molecule has 0 aliphatic carbocycles. The number of rotatable bonds is 4. The van der Waals surface area contributed by atoms with Crippen molar-refractivity contribution in [2.24, 2.45) is 5.92 Å². The van der Waals surface area contributed by atoms with E-state index in [0.717, 1.165) is 18.2 Å². The van der Waals surface area contributed by atoms with Crippen LogP contribution < -0.4 is 15.3 Å². The van der Waals surface area contributed by atoms with Crippen LogP contribution in [0.25, 0.3) is 0 Å². The molecule has 0 aromatic heterocycles. The molecule has 27 heavy (non-hydrogen) atoms. The topological polar surface area (TPSA) is 141 Å². The van der Waals surface area contributed by atoms with Gasteiger partial charge in [0.1, 0.15) is 0 Å². The fourth-order valence-corrected chi connectivity index (χ4v) is 0.859. The number of carbonyl (C=O) groups excluding carboxylic acids is 3. The minimum Gasteiger partial charge on any atom is -0.876 e. The van der Waals surface area contributed by atoms with Crippen LogP contribution >= 0.6 is 0 Å². The van der Waals surface area contributed by atoms with Gasteiger partial charge in [0.25, 0.3) is 0 Å². The van der Waals surface area contributed by atoms with Crippen molar-refractivity contribution in [3.05, 3.63) is 35.5 Å². The number of carbonyl (C=O) groups is 3. The average Bonchev–Trinajstić information content (AvgIpc) is 2.35.